The molecule has 0 bridgehead atoms. The van der Waals surface area contributed by atoms with Gasteiger partial charge in [-0.1, -0.05) is 48.5 Å². The average molecular weight is 362 g/mol. The summed E-state index contributed by atoms with van der Waals surface area (Å²) < 4.78 is 1.14. The molecule has 1 atom stereocenters. The molecule has 0 heterocycles. The Morgan fingerprint density at radius 2 is 1.74 bits per heavy atom. The molecule has 0 fully saturated rings. The van der Waals surface area contributed by atoms with E-state index in [0.717, 1.165) is 14.7 Å². The van der Waals surface area contributed by atoms with Crippen LogP contribution in [0.2, 0.25) is 0 Å². The van der Waals surface area contributed by atoms with Gasteiger partial charge in [0.1, 0.15) is 0 Å². The predicted molar refractivity (Wildman–Crippen MR) is 87.5 cm³/mol. The number of carbonyl (C=O) groups is 1. The quantitative estimate of drug-likeness (QED) is 0.423. The van der Waals surface area contributed by atoms with E-state index in [9.17, 15) is 4.79 Å². The van der Waals surface area contributed by atoms with Crippen LogP contribution in [-0.2, 0) is 0 Å². The van der Waals surface area contributed by atoms with Crippen molar-refractivity contribution in [2.45, 2.75) is 12.3 Å². The summed E-state index contributed by atoms with van der Waals surface area (Å²) in [5.74, 6) is 0.234. The molecule has 2 aromatic carbocycles. The lowest BCUT2D eigenvalue weighted by Crippen LogP contribution is -2.05. The summed E-state index contributed by atoms with van der Waals surface area (Å²) in [6.07, 6.45) is 2.31. The number of rotatable bonds is 5. The first-order valence-corrected chi connectivity index (χ1v) is 7.25. The van der Waals surface area contributed by atoms with Gasteiger partial charge in [0.05, 0.1) is 0 Å². The van der Waals surface area contributed by atoms with Gasteiger partial charge in [-0.15, -0.1) is 6.58 Å². The number of allylic oxidation sites excluding steroid dienone is 1. The van der Waals surface area contributed by atoms with E-state index < -0.39 is 0 Å². The largest absolute Gasteiger partial charge is 0.294 e. The van der Waals surface area contributed by atoms with Gasteiger partial charge in [0.2, 0.25) is 0 Å². The second-order valence-corrected chi connectivity index (χ2v) is 5.63. The van der Waals surface area contributed by atoms with Gasteiger partial charge < -0.3 is 0 Å². The summed E-state index contributed by atoms with van der Waals surface area (Å²) in [7, 11) is 0. The first-order valence-electron chi connectivity index (χ1n) is 6.17. The third kappa shape index (κ3) is 3.77. The van der Waals surface area contributed by atoms with Crippen LogP contribution in [0, 0.1) is 3.57 Å². The van der Waals surface area contributed by atoms with Crippen molar-refractivity contribution < 1.29 is 4.79 Å². The summed E-state index contributed by atoms with van der Waals surface area (Å²) in [5.41, 5.74) is 1.90. The second kappa shape index (κ2) is 6.66. The molecule has 1 nitrogen and oxygen atoms in total. The summed E-state index contributed by atoms with van der Waals surface area (Å²) in [6.45, 7) is 3.84. The molecule has 0 aromatic heterocycles. The maximum Gasteiger partial charge on any atom is 0.163 e. The lowest BCUT2D eigenvalue weighted by Gasteiger charge is -2.12. The minimum atomic E-state index is 0.0768. The Kier molecular flexibility index (Phi) is 4.91. The molecule has 0 aliphatic rings. The number of ketones is 1. The molecule has 0 saturated heterocycles. The molecule has 0 saturated carbocycles. The first kappa shape index (κ1) is 14.0. The van der Waals surface area contributed by atoms with Gasteiger partial charge >= 0.3 is 0 Å². The minimum absolute atomic E-state index is 0.0768. The summed E-state index contributed by atoms with van der Waals surface area (Å²) in [5, 5.41) is 0. The molecule has 1 unspecified atom stereocenters. The fraction of sp³-hybridized carbons (Fsp3) is 0.118. The second-order valence-electron chi connectivity index (χ2n) is 4.39. The number of carbonyl (C=O) groups excluding carboxylic acids is 1. The molecule has 0 radical (unpaired) electrons. The van der Waals surface area contributed by atoms with Crippen LogP contribution in [0.5, 0.6) is 0 Å². The van der Waals surface area contributed by atoms with E-state index in [1.807, 2.05) is 60.7 Å². The van der Waals surface area contributed by atoms with Gasteiger partial charge in [-0.2, -0.15) is 0 Å². The van der Waals surface area contributed by atoms with Crippen molar-refractivity contribution in [3.8, 4) is 0 Å². The Bertz CT molecular complexity index is 558. The highest BCUT2D eigenvalue weighted by Gasteiger charge is 2.14. The topological polar surface area (TPSA) is 17.1 Å². The Balaban J connectivity index is 2.13. The molecule has 2 aromatic rings. The highest BCUT2D eigenvalue weighted by molar-refractivity contribution is 14.1. The molecule has 2 heteroatoms. The van der Waals surface area contributed by atoms with E-state index >= 15 is 0 Å². The molecule has 2 rings (SSSR count). The van der Waals surface area contributed by atoms with E-state index in [-0.39, 0.29) is 11.7 Å². The standard InChI is InChI=1S/C17H15IO/c1-2-13(14-6-4-3-5-7-14)12-17(19)15-8-10-16(18)11-9-15/h2-11,13H,1,12H2. The van der Waals surface area contributed by atoms with Crippen molar-refractivity contribution in [2.24, 2.45) is 0 Å². The fourth-order valence-electron chi connectivity index (χ4n) is 1.99. The van der Waals surface area contributed by atoms with Crippen LogP contribution in [0.4, 0.5) is 0 Å². The Morgan fingerprint density at radius 1 is 1.11 bits per heavy atom. The lowest BCUT2D eigenvalue weighted by molar-refractivity contribution is 0.0978. The van der Waals surface area contributed by atoms with Crippen molar-refractivity contribution >= 4 is 28.4 Å². The molecule has 96 valence electrons. The van der Waals surface area contributed by atoms with Crippen LogP contribution in [0.1, 0.15) is 28.3 Å². The number of Topliss-reactive ketones (excluding diaryl/α,β-unsaturated/α-hetero) is 1. The lowest BCUT2D eigenvalue weighted by atomic mass is 9.92. The minimum Gasteiger partial charge on any atom is -0.294 e. The molecule has 19 heavy (non-hydrogen) atoms. The summed E-state index contributed by atoms with van der Waals surface area (Å²) in [4.78, 5) is 12.2. The molecule has 0 amide bonds. The first-order chi connectivity index (χ1) is 9.20. The van der Waals surface area contributed by atoms with Crippen molar-refractivity contribution in [1.82, 2.24) is 0 Å². The molecule has 0 N–H and O–H groups in total. The van der Waals surface area contributed by atoms with Crippen molar-refractivity contribution in [2.75, 3.05) is 0 Å². The Morgan fingerprint density at radius 3 is 2.32 bits per heavy atom. The normalized spacial score (nSPS) is 11.8. The highest BCUT2D eigenvalue weighted by atomic mass is 127. The van der Waals surface area contributed by atoms with Crippen molar-refractivity contribution in [3.63, 3.8) is 0 Å². The van der Waals surface area contributed by atoms with Crippen molar-refractivity contribution in [1.29, 1.82) is 0 Å². The van der Waals surface area contributed by atoms with E-state index in [1.54, 1.807) is 0 Å². The van der Waals surface area contributed by atoms with Crippen LogP contribution >= 0.6 is 22.6 Å². The van der Waals surface area contributed by atoms with Gasteiger partial charge in [-0.25, -0.2) is 0 Å². The van der Waals surface area contributed by atoms with Crippen LogP contribution in [0.15, 0.2) is 67.3 Å². The zero-order valence-corrected chi connectivity index (χ0v) is 12.7. The SMILES string of the molecule is C=CC(CC(=O)c1ccc(I)cc1)c1ccccc1. The van der Waals surface area contributed by atoms with Crippen LogP contribution in [0.25, 0.3) is 0 Å². The smallest absolute Gasteiger partial charge is 0.163 e. The van der Waals surface area contributed by atoms with E-state index in [2.05, 4.69) is 29.2 Å². The third-order valence-corrected chi connectivity index (χ3v) is 3.80. The number of hydrogen-bond donors (Lipinski definition) is 0. The summed E-state index contributed by atoms with van der Waals surface area (Å²) >= 11 is 2.23. The van der Waals surface area contributed by atoms with Crippen LogP contribution < -0.4 is 0 Å². The molecular weight excluding hydrogens is 347 g/mol. The highest BCUT2D eigenvalue weighted by Crippen LogP contribution is 2.23. The zero-order chi connectivity index (χ0) is 13.7. The van der Waals surface area contributed by atoms with E-state index in [4.69, 9.17) is 0 Å². The Hall–Kier alpha value is -1.42. The molecule has 0 aliphatic carbocycles. The predicted octanol–water partition coefficient (Wildman–Crippen LogP) is 4.83. The molecule has 0 spiro atoms. The number of hydrogen-bond acceptors (Lipinski definition) is 1. The molecule has 0 aliphatic heterocycles. The van der Waals surface area contributed by atoms with Crippen LogP contribution in [0.3, 0.4) is 0 Å². The van der Waals surface area contributed by atoms with Gasteiger partial charge in [-0.05, 0) is 40.3 Å². The van der Waals surface area contributed by atoms with E-state index in [0.29, 0.717) is 6.42 Å². The number of benzene rings is 2. The zero-order valence-electron chi connectivity index (χ0n) is 10.6. The van der Waals surface area contributed by atoms with Crippen molar-refractivity contribution in [3.05, 3.63) is 81.9 Å². The monoisotopic (exact) mass is 362 g/mol. The van der Waals surface area contributed by atoms with Gasteiger partial charge in [0, 0.05) is 21.5 Å². The third-order valence-electron chi connectivity index (χ3n) is 3.08. The van der Waals surface area contributed by atoms with Crippen LogP contribution in [-0.4, -0.2) is 5.78 Å². The Labute approximate surface area is 127 Å². The molecular formula is C17H15IO. The van der Waals surface area contributed by atoms with Gasteiger partial charge in [0.25, 0.3) is 0 Å². The fourth-order valence-corrected chi connectivity index (χ4v) is 2.35. The number of halogens is 1. The van der Waals surface area contributed by atoms with Gasteiger partial charge in [0.15, 0.2) is 5.78 Å². The van der Waals surface area contributed by atoms with Gasteiger partial charge in [-0.3, -0.25) is 4.79 Å². The summed E-state index contributed by atoms with van der Waals surface area (Å²) in [6, 6.07) is 17.7. The average Bonchev–Trinajstić information content (AvgIpc) is 2.46. The maximum absolute atomic E-state index is 12.2. The van der Waals surface area contributed by atoms with E-state index in [1.165, 1.54) is 0 Å². The maximum atomic E-state index is 12.2.